The first-order chi connectivity index (χ1) is 23.1. The normalized spacial score (nSPS) is 20.9. The van der Waals surface area contributed by atoms with Crippen molar-refractivity contribution in [3.8, 4) is 0 Å². The summed E-state index contributed by atoms with van der Waals surface area (Å²) in [5, 5.41) is 0. The number of fused-ring (bicyclic) bond motifs is 1. The summed E-state index contributed by atoms with van der Waals surface area (Å²) in [6.45, 7) is 53.2. The van der Waals surface area contributed by atoms with Gasteiger partial charge in [0.15, 0.2) is 0 Å². The average Bonchev–Trinajstić information content (AvgIpc) is 3.35. The van der Waals surface area contributed by atoms with Crippen LogP contribution in [-0.4, -0.2) is 0 Å². The summed E-state index contributed by atoms with van der Waals surface area (Å²) < 4.78 is 0. The maximum Gasteiger partial charge on any atom is -0.0191 e. The Kier molecular flexibility index (Phi) is 21.8. The van der Waals surface area contributed by atoms with Gasteiger partial charge in [0.25, 0.3) is 0 Å². The smallest absolute Gasteiger partial charge is 0.0191 e. The first-order valence-electron chi connectivity index (χ1n) is 20.5. The van der Waals surface area contributed by atoms with Crippen LogP contribution in [0.25, 0.3) is 0 Å². The lowest BCUT2D eigenvalue weighted by atomic mass is 9.80. The Labute approximate surface area is 315 Å². The number of benzene rings is 1. The molecule has 286 valence electrons. The highest BCUT2D eigenvalue weighted by Gasteiger charge is 2.58. The monoisotopic (exact) mass is 687 g/mol. The van der Waals surface area contributed by atoms with Crippen molar-refractivity contribution in [2.45, 2.75) is 168 Å². The van der Waals surface area contributed by atoms with E-state index in [0.29, 0.717) is 28.6 Å². The molecule has 0 heterocycles. The summed E-state index contributed by atoms with van der Waals surface area (Å²) >= 11 is 0. The SMILES string of the molecule is C=C(C)C(=C)C(C)CC1CCCCC1.C=C(C)C(C)C1C(CC)C1(C)C.C=C(C)C(C)C1Cc2ccccc2C1.C=C(C)CC(C)(C)C.CC. The summed E-state index contributed by atoms with van der Waals surface area (Å²) in [4.78, 5) is 0. The van der Waals surface area contributed by atoms with Gasteiger partial charge in [0, 0.05) is 0 Å². The van der Waals surface area contributed by atoms with E-state index in [1.807, 2.05) is 13.8 Å². The average molecular weight is 687 g/mol. The van der Waals surface area contributed by atoms with E-state index in [1.165, 1.54) is 80.1 Å². The highest BCUT2D eigenvalue weighted by molar-refractivity contribution is 5.33. The Balaban J connectivity index is 0.000000641. The van der Waals surface area contributed by atoms with Crippen molar-refractivity contribution in [3.63, 3.8) is 0 Å². The molecule has 0 bridgehead atoms. The van der Waals surface area contributed by atoms with E-state index < -0.39 is 0 Å². The zero-order chi connectivity index (χ0) is 39.0. The predicted molar refractivity (Wildman–Crippen MR) is 231 cm³/mol. The molecule has 3 aliphatic rings. The van der Waals surface area contributed by atoms with E-state index in [2.05, 4.69) is 147 Å². The lowest BCUT2D eigenvalue weighted by Gasteiger charge is -2.25. The minimum Gasteiger partial charge on any atom is -0.100 e. The molecule has 1 aromatic rings. The van der Waals surface area contributed by atoms with Crippen molar-refractivity contribution in [1.82, 2.24) is 0 Å². The molecule has 5 unspecified atom stereocenters. The molecule has 4 rings (SSSR count). The third kappa shape index (κ3) is 17.0. The molecule has 0 aromatic heterocycles. The summed E-state index contributed by atoms with van der Waals surface area (Å²) in [5.74, 6) is 5.56. The minimum atomic E-state index is 0.422. The quantitative estimate of drug-likeness (QED) is 0.170. The van der Waals surface area contributed by atoms with Gasteiger partial charge in [-0.05, 0) is 117 Å². The van der Waals surface area contributed by atoms with Crippen LogP contribution in [0.1, 0.15) is 166 Å². The van der Waals surface area contributed by atoms with Gasteiger partial charge in [-0.3, -0.25) is 0 Å². The van der Waals surface area contributed by atoms with Crippen molar-refractivity contribution < 1.29 is 0 Å². The lowest BCUT2D eigenvalue weighted by molar-refractivity contribution is 0.312. The van der Waals surface area contributed by atoms with Crippen molar-refractivity contribution in [2.24, 2.45) is 52.3 Å². The maximum absolute atomic E-state index is 4.12. The van der Waals surface area contributed by atoms with Gasteiger partial charge in [-0.25, -0.2) is 0 Å². The molecule has 50 heavy (non-hydrogen) atoms. The third-order valence-electron chi connectivity index (χ3n) is 11.8. The molecular weight excluding hydrogens is 601 g/mol. The zero-order valence-electron chi connectivity index (χ0n) is 36.5. The van der Waals surface area contributed by atoms with Gasteiger partial charge in [0.2, 0.25) is 0 Å². The Morgan fingerprint density at radius 1 is 0.780 bits per heavy atom. The first kappa shape index (κ1) is 47.9. The standard InChI is InChI=1S/C14H18.C14H24.C12H22.C8H16.C2H6/c1-10(2)11(3)14-8-12-6-4-5-7-13(12)9-14;1-11(2)13(4)12(3)10-14-8-6-5-7-9-14;1-7-10-11(12(10,5)6)9(4)8(2)3;1-7(2)6-8(3,4)5;1-2/h4-7,11,14H,1,8-9H2,2-3H3;12,14H,1,4-10H2,2-3H3;9-11H,2,7H2,1,3-6H3;1,6H2,2-5H3;1-2H3. The number of rotatable bonds is 10. The van der Waals surface area contributed by atoms with Crippen LogP contribution in [-0.2, 0) is 12.8 Å². The summed E-state index contributed by atoms with van der Waals surface area (Å²) in [7, 11) is 0. The molecule has 2 saturated carbocycles. The highest BCUT2D eigenvalue weighted by atomic mass is 14.6. The Morgan fingerprint density at radius 3 is 1.56 bits per heavy atom. The maximum atomic E-state index is 4.12. The van der Waals surface area contributed by atoms with Crippen LogP contribution in [0.3, 0.4) is 0 Å². The van der Waals surface area contributed by atoms with Gasteiger partial charge < -0.3 is 0 Å². The molecule has 3 aliphatic carbocycles. The summed E-state index contributed by atoms with van der Waals surface area (Å²) in [5.41, 5.74) is 10.5. The fourth-order valence-corrected chi connectivity index (χ4v) is 8.61. The van der Waals surface area contributed by atoms with E-state index in [4.69, 9.17) is 0 Å². The van der Waals surface area contributed by atoms with Crippen molar-refractivity contribution in [2.75, 3.05) is 0 Å². The zero-order valence-corrected chi connectivity index (χ0v) is 36.5. The summed E-state index contributed by atoms with van der Waals surface area (Å²) in [6.07, 6.45) is 13.5. The van der Waals surface area contributed by atoms with Gasteiger partial charge in [0.1, 0.15) is 0 Å². The van der Waals surface area contributed by atoms with Crippen LogP contribution in [0.2, 0.25) is 0 Å². The fourth-order valence-electron chi connectivity index (χ4n) is 8.61. The second kappa shape index (κ2) is 22.8. The van der Waals surface area contributed by atoms with Crippen LogP contribution in [0.15, 0.2) is 85.0 Å². The first-order valence-corrected chi connectivity index (χ1v) is 20.5. The van der Waals surface area contributed by atoms with Crippen molar-refractivity contribution in [1.29, 1.82) is 0 Å². The van der Waals surface area contributed by atoms with Gasteiger partial charge in [-0.15, -0.1) is 6.58 Å². The molecule has 0 heteroatoms. The van der Waals surface area contributed by atoms with E-state index >= 15 is 0 Å². The predicted octanol–water partition coefficient (Wildman–Crippen LogP) is 16.2. The van der Waals surface area contributed by atoms with Gasteiger partial charge in [0.05, 0.1) is 0 Å². The highest BCUT2D eigenvalue weighted by Crippen LogP contribution is 2.64. The van der Waals surface area contributed by atoms with E-state index in [0.717, 1.165) is 35.7 Å². The third-order valence-corrected chi connectivity index (χ3v) is 11.8. The molecule has 0 amide bonds. The summed E-state index contributed by atoms with van der Waals surface area (Å²) in [6, 6.07) is 8.82. The molecule has 0 nitrogen and oxygen atoms in total. The molecule has 5 atom stereocenters. The molecule has 1 aromatic carbocycles. The minimum absolute atomic E-state index is 0.422. The fraction of sp³-hybridized carbons (Fsp3) is 0.680. The van der Waals surface area contributed by atoms with E-state index in [-0.39, 0.29) is 0 Å². The molecule has 0 saturated heterocycles. The number of hydrogen-bond donors (Lipinski definition) is 0. The van der Waals surface area contributed by atoms with Crippen LogP contribution in [0.5, 0.6) is 0 Å². The largest absolute Gasteiger partial charge is 0.100 e. The Bertz CT molecular complexity index is 1160. The molecule has 0 radical (unpaired) electrons. The van der Waals surface area contributed by atoms with E-state index in [9.17, 15) is 0 Å². The molecule has 0 aliphatic heterocycles. The molecule has 0 spiro atoms. The number of allylic oxidation sites excluding steroid dienone is 5. The van der Waals surface area contributed by atoms with Crippen LogP contribution >= 0.6 is 0 Å². The molecular formula is C50H86. The second-order valence-electron chi connectivity index (χ2n) is 18.2. The molecule has 2 fully saturated rings. The van der Waals surface area contributed by atoms with Crippen LogP contribution in [0.4, 0.5) is 0 Å². The van der Waals surface area contributed by atoms with Gasteiger partial charge >= 0.3 is 0 Å². The van der Waals surface area contributed by atoms with Gasteiger partial charge in [-0.1, -0.05) is 193 Å². The second-order valence-corrected chi connectivity index (χ2v) is 18.2. The molecule has 0 N–H and O–H groups in total. The van der Waals surface area contributed by atoms with E-state index in [1.54, 1.807) is 11.1 Å². The number of hydrogen-bond acceptors (Lipinski definition) is 0. The van der Waals surface area contributed by atoms with Crippen LogP contribution in [0, 0.1) is 52.3 Å². The van der Waals surface area contributed by atoms with Crippen molar-refractivity contribution >= 4 is 0 Å². The van der Waals surface area contributed by atoms with Crippen molar-refractivity contribution in [3.05, 3.63) is 96.2 Å². The lowest BCUT2D eigenvalue weighted by Crippen LogP contribution is -2.12. The Hall–Kier alpha value is -2.08. The van der Waals surface area contributed by atoms with Gasteiger partial charge in [-0.2, -0.15) is 0 Å². The topological polar surface area (TPSA) is 0 Å². The van der Waals surface area contributed by atoms with Crippen LogP contribution < -0.4 is 0 Å². The Morgan fingerprint density at radius 2 is 1.24 bits per heavy atom.